The molecule has 8 heteroatoms. The van der Waals surface area contributed by atoms with Crippen LogP contribution in [0.25, 0.3) is 22.5 Å². The van der Waals surface area contributed by atoms with Crippen LogP contribution >= 0.6 is 11.3 Å². The van der Waals surface area contributed by atoms with Gasteiger partial charge in [0, 0.05) is 34.8 Å². The van der Waals surface area contributed by atoms with Crippen LogP contribution in [0.2, 0.25) is 0 Å². The van der Waals surface area contributed by atoms with Crippen LogP contribution in [0.3, 0.4) is 0 Å². The van der Waals surface area contributed by atoms with Gasteiger partial charge in [-0.15, -0.1) is 11.3 Å². The Kier molecular flexibility index (Phi) is 12.3. The van der Waals surface area contributed by atoms with Crippen molar-refractivity contribution in [3.8, 4) is 28.3 Å². The number of carbonyl (C=O) groups excluding carboxylic acids is 1. The van der Waals surface area contributed by atoms with E-state index in [-0.39, 0.29) is 17.7 Å². The third-order valence-electron chi connectivity index (χ3n) is 7.68. The molecule has 4 aromatic rings. The van der Waals surface area contributed by atoms with E-state index in [4.69, 9.17) is 4.74 Å². The van der Waals surface area contributed by atoms with Crippen molar-refractivity contribution in [2.24, 2.45) is 0 Å². The van der Waals surface area contributed by atoms with Crippen molar-refractivity contribution >= 4 is 23.2 Å². The summed E-state index contributed by atoms with van der Waals surface area (Å²) < 4.78 is 5.92. The van der Waals surface area contributed by atoms with Crippen LogP contribution in [0.5, 0.6) is 5.75 Å². The number of hydrogen-bond donors (Lipinski definition) is 2. The smallest absolute Gasteiger partial charge is 0.326 e. The van der Waals surface area contributed by atoms with Crippen molar-refractivity contribution in [2.75, 3.05) is 6.61 Å². The van der Waals surface area contributed by atoms with Crippen molar-refractivity contribution < 1.29 is 19.4 Å². The summed E-state index contributed by atoms with van der Waals surface area (Å²) in [6, 6.07) is 18.1. The number of aliphatic carboxylic acids is 1. The molecule has 2 aromatic heterocycles. The first kappa shape index (κ1) is 33.8. The molecule has 0 radical (unpaired) electrons. The largest absolute Gasteiger partial charge is 0.494 e. The van der Waals surface area contributed by atoms with E-state index in [9.17, 15) is 14.7 Å². The van der Waals surface area contributed by atoms with Crippen LogP contribution in [-0.4, -0.2) is 39.6 Å². The number of hydrogen-bond acceptors (Lipinski definition) is 6. The zero-order chi connectivity index (χ0) is 32.2. The number of thiophene rings is 1. The zero-order valence-electron chi connectivity index (χ0n) is 26.8. The molecule has 0 saturated carbocycles. The molecule has 238 valence electrons. The van der Waals surface area contributed by atoms with Gasteiger partial charge in [-0.3, -0.25) is 4.79 Å². The van der Waals surface area contributed by atoms with Gasteiger partial charge in [0.15, 0.2) is 5.82 Å². The number of rotatable bonds is 16. The van der Waals surface area contributed by atoms with Crippen LogP contribution in [0.4, 0.5) is 0 Å². The maximum atomic E-state index is 12.8. The van der Waals surface area contributed by atoms with Gasteiger partial charge in [0.05, 0.1) is 11.5 Å². The number of aromatic nitrogens is 2. The topological polar surface area (TPSA) is 101 Å². The second-order valence-electron chi connectivity index (χ2n) is 12.5. The first-order valence-corrected chi connectivity index (χ1v) is 16.7. The number of carboxylic acids is 1. The van der Waals surface area contributed by atoms with E-state index in [0.717, 1.165) is 45.9 Å². The Bertz CT molecular complexity index is 1510. The van der Waals surface area contributed by atoms with Gasteiger partial charge in [0.2, 0.25) is 0 Å². The zero-order valence-corrected chi connectivity index (χ0v) is 27.7. The third-order valence-corrected chi connectivity index (χ3v) is 9.19. The fraction of sp³-hybridized carbons (Fsp3) is 0.405. The SMILES string of the molecule is CCCCCCCCCOc1ccc(-c2cnc(-c3ccc(C[C@H](NC(=O)c4ccc(C(C)(C)C)s4)C(=O)O)cc3)nc2)cc1. The number of ether oxygens (including phenoxy) is 1. The monoisotopic (exact) mass is 627 g/mol. The van der Waals surface area contributed by atoms with E-state index in [1.807, 2.05) is 54.6 Å². The summed E-state index contributed by atoms with van der Waals surface area (Å²) in [4.78, 5) is 35.4. The number of nitrogens with zero attached hydrogens (tertiary/aromatic N) is 2. The van der Waals surface area contributed by atoms with Crippen molar-refractivity contribution in [1.82, 2.24) is 15.3 Å². The molecule has 0 aliphatic heterocycles. The van der Waals surface area contributed by atoms with Gasteiger partial charge >= 0.3 is 5.97 Å². The Balaban J connectivity index is 1.28. The first-order valence-electron chi connectivity index (χ1n) is 15.9. The molecule has 0 saturated heterocycles. The highest BCUT2D eigenvalue weighted by Crippen LogP contribution is 2.29. The Morgan fingerprint density at radius 2 is 1.44 bits per heavy atom. The van der Waals surface area contributed by atoms with Crippen molar-refractivity contribution in [2.45, 2.75) is 90.5 Å². The van der Waals surface area contributed by atoms with Crippen molar-refractivity contribution in [1.29, 1.82) is 0 Å². The van der Waals surface area contributed by atoms with Gasteiger partial charge < -0.3 is 15.2 Å². The molecular formula is C37H45N3O4S. The molecule has 2 aromatic carbocycles. The summed E-state index contributed by atoms with van der Waals surface area (Å²) in [5.41, 5.74) is 3.46. The number of unbranched alkanes of at least 4 members (excludes halogenated alkanes) is 6. The second kappa shape index (κ2) is 16.3. The molecule has 0 fully saturated rings. The minimum Gasteiger partial charge on any atom is -0.494 e. The quantitative estimate of drug-likeness (QED) is 0.121. The Morgan fingerprint density at radius 1 is 0.822 bits per heavy atom. The van der Waals surface area contributed by atoms with E-state index < -0.39 is 12.0 Å². The Morgan fingerprint density at radius 3 is 2.04 bits per heavy atom. The van der Waals surface area contributed by atoms with E-state index >= 15 is 0 Å². The summed E-state index contributed by atoms with van der Waals surface area (Å²) in [7, 11) is 0. The highest BCUT2D eigenvalue weighted by atomic mass is 32.1. The van der Waals surface area contributed by atoms with Gasteiger partial charge in [0.1, 0.15) is 11.8 Å². The lowest BCUT2D eigenvalue weighted by Crippen LogP contribution is -2.42. The average molecular weight is 628 g/mol. The normalized spacial score (nSPS) is 12.1. The maximum Gasteiger partial charge on any atom is 0.326 e. The lowest BCUT2D eigenvalue weighted by molar-refractivity contribution is -0.139. The van der Waals surface area contributed by atoms with Gasteiger partial charge in [-0.1, -0.05) is 103 Å². The highest BCUT2D eigenvalue weighted by Gasteiger charge is 2.24. The number of carboxylic acid groups (broad SMARTS) is 1. The maximum absolute atomic E-state index is 12.8. The molecule has 7 nitrogen and oxygen atoms in total. The number of benzene rings is 2. The summed E-state index contributed by atoms with van der Waals surface area (Å²) in [5, 5.41) is 12.5. The van der Waals surface area contributed by atoms with Crippen molar-refractivity contribution in [3.05, 3.63) is 88.4 Å². The van der Waals surface area contributed by atoms with Gasteiger partial charge in [-0.2, -0.15) is 0 Å². The first-order chi connectivity index (χ1) is 21.6. The van der Waals surface area contributed by atoms with Gasteiger partial charge in [-0.25, -0.2) is 14.8 Å². The minimum absolute atomic E-state index is 0.0750. The molecule has 1 amide bonds. The molecule has 1 atom stereocenters. The number of carbonyl (C=O) groups is 2. The van der Waals surface area contributed by atoms with Crippen LogP contribution in [0.1, 0.15) is 92.8 Å². The molecule has 2 N–H and O–H groups in total. The second-order valence-corrected chi connectivity index (χ2v) is 13.6. The lowest BCUT2D eigenvalue weighted by Gasteiger charge is -2.16. The molecule has 0 aliphatic carbocycles. The molecule has 0 aliphatic rings. The van der Waals surface area contributed by atoms with Crippen LogP contribution in [0.15, 0.2) is 73.1 Å². The Hall–Kier alpha value is -4.04. The van der Waals surface area contributed by atoms with E-state index in [1.165, 1.54) is 49.9 Å². The molecule has 0 unspecified atom stereocenters. The Labute approximate surface area is 271 Å². The molecular weight excluding hydrogens is 582 g/mol. The highest BCUT2D eigenvalue weighted by molar-refractivity contribution is 7.14. The average Bonchev–Trinajstić information content (AvgIpc) is 3.55. The van der Waals surface area contributed by atoms with Crippen LogP contribution < -0.4 is 10.1 Å². The van der Waals surface area contributed by atoms with Crippen molar-refractivity contribution in [3.63, 3.8) is 0 Å². The van der Waals surface area contributed by atoms with E-state index in [2.05, 4.69) is 43.0 Å². The fourth-order valence-electron chi connectivity index (χ4n) is 4.94. The summed E-state index contributed by atoms with van der Waals surface area (Å²) in [5.74, 6) is -0.00553. The lowest BCUT2D eigenvalue weighted by atomic mass is 9.95. The summed E-state index contributed by atoms with van der Waals surface area (Å²) >= 11 is 1.39. The summed E-state index contributed by atoms with van der Waals surface area (Å²) in [6.07, 6.45) is 12.6. The molecule has 2 heterocycles. The number of amides is 1. The van der Waals surface area contributed by atoms with E-state index in [1.54, 1.807) is 18.5 Å². The molecule has 0 spiro atoms. The summed E-state index contributed by atoms with van der Waals surface area (Å²) in [6.45, 7) is 9.22. The molecule has 0 bridgehead atoms. The van der Waals surface area contributed by atoms with E-state index in [0.29, 0.717) is 10.7 Å². The third kappa shape index (κ3) is 10.2. The van der Waals surface area contributed by atoms with Crippen LogP contribution in [0, 0.1) is 0 Å². The standard InChI is InChI=1S/C37H45N3O4S/c1-5-6-7-8-9-10-11-22-44-30-18-16-27(17-19-30)29-24-38-34(39-25-29)28-14-12-26(13-15-28)23-31(36(42)43)40-35(41)32-20-21-33(45-32)37(2,3)4/h12-21,24-25,31H,5-11,22-23H2,1-4H3,(H,40,41)(H,42,43)/t31-/m0/s1. The number of nitrogens with one attached hydrogen (secondary N) is 1. The predicted molar refractivity (Wildman–Crippen MR) is 182 cm³/mol. The minimum atomic E-state index is -1.08. The van der Waals surface area contributed by atoms with Gasteiger partial charge in [-0.05, 0) is 47.2 Å². The predicted octanol–water partition coefficient (Wildman–Crippen LogP) is 8.72. The fourth-order valence-corrected chi connectivity index (χ4v) is 5.90. The molecule has 4 rings (SSSR count). The van der Waals surface area contributed by atoms with Crippen LogP contribution in [-0.2, 0) is 16.6 Å². The molecule has 45 heavy (non-hydrogen) atoms. The van der Waals surface area contributed by atoms with Gasteiger partial charge in [0.25, 0.3) is 5.91 Å².